The molecule has 17 heavy (non-hydrogen) atoms. The van der Waals surface area contributed by atoms with Crippen LogP contribution >= 0.6 is 28.6 Å². The normalized spacial score (nSPS) is 16.6. The molecule has 0 saturated heterocycles. The second-order valence-corrected chi connectivity index (χ2v) is 5.68. The van der Waals surface area contributed by atoms with E-state index >= 15 is 0 Å². The van der Waals surface area contributed by atoms with Crippen LogP contribution < -0.4 is 5.32 Å². The number of halogens is 2. The zero-order chi connectivity index (χ0) is 12.5. The maximum absolute atomic E-state index is 13.2. The third-order valence-electron chi connectivity index (χ3n) is 3.03. The minimum Gasteiger partial charge on any atom is -0.326 e. The van der Waals surface area contributed by atoms with Crippen molar-refractivity contribution in [3.63, 3.8) is 0 Å². The van der Waals surface area contributed by atoms with Crippen molar-refractivity contribution in [2.45, 2.75) is 19.3 Å². The topological polar surface area (TPSA) is 29.1 Å². The highest BCUT2D eigenvalue weighted by Gasteiger charge is 2.42. The van der Waals surface area contributed by atoms with Crippen LogP contribution in [0.1, 0.15) is 19.3 Å². The number of amides is 1. The first-order valence-electron chi connectivity index (χ1n) is 5.40. The van der Waals surface area contributed by atoms with Crippen molar-refractivity contribution in [3.05, 3.63) is 28.5 Å². The van der Waals surface area contributed by atoms with E-state index in [0.29, 0.717) is 16.6 Å². The lowest BCUT2D eigenvalue weighted by Gasteiger charge is -2.11. The van der Waals surface area contributed by atoms with Crippen molar-refractivity contribution in [1.82, 2.24) is 0 Å². The Hall–Kier alpha value is -0.550. The average molecular weight is 318 g/mol. The molecule has 0 spiro atoms. The molecule has 1 amide bonds. The maximum atomic E-state index is 13.2. The summed E-state index contributed by atoms with van der Waals surface area (Å²) < 4.78 is 13.6. The molecule has 0 aliphatic heterocycles. The van der Waals surface area contributed by atoms with Crippen LogP contribution in [0.15, 0.2) is 22.7 Å². The summed E-state index contributed by atoms with van der Waals surface area (Å²) >= 11 is 7.32. The number of anilines is 1. The fraction of sp³-hybridized carbons (Fsp3) is 0.417. The first-order chi connectivity index (χ1) is 8.04. The first kappa shape index (κ1) is 12.9. The summed E-state index contributed by atoms with van der Waals surface area (Å²) in [5.41, 5.74) is 0.576. The second kappa shape index (κ2) is 4.98. The van der Waals surface area contributed by atoms with E-state index in [1.165, 1.54) is 6.07 Å². The fourth-order valence-electron chi connectivity index (χ4n) is 1.69. The van der Waals surface area contributed by atoms with E-state index in [1.807, 2.05) is 0 Å². The van der Waals surface area contributed by atoms with Gasteiger partial charge in [0, 0.05) is 12.1 Å². The van der Waals surface area contributed by atoms with Crippen molar-refractivity contribution >= 4 is 40.2 Å². The number of thiol groups is 1. The Balaban J connectivity index is 1.96. The minimum atomic E-state index is -0.377. The van der Waals surface area contributed by atoms with Crippen molar-refractivity contribution in [2.75, 3.05) is 11.1 Å². The van der Waals surface area contributed by atoms with Crippen LogP contribution in [0.4, 0.5) is 10.1 Å². The maximum Gasteiger partial charge on any atom is 0.224 e. The standard InChI is InChI=1S/C12H13BrFNOS/c13-9-2-1-8(5-10(9)14)15-11(16)6-12(7-17)3-4-12/h1-2,5,17H,3-4,6-7H2,(H,15,16). The molecule has 0 heterocycles. The van der Waals surface area contributed by atoms with Gasteiger partial charge in [0.25, 0.3) is 0 Å². The largest absolute Gasteiger partial charge is 0.326 e. The van der Waals surface area contributed by atoms with E-state index in [0.717, 1.165) is 18.6 Å². The van der Waals surface area contributed by atoms with E-state index in [-0.39, 0.29) is 17.1 Å². The zero-order valence-corrected chi connectivity index (χ0v) is 11.7. The summed E-state index contributed by atoms with van der Waals surface area (Å²) in [7, 11) is 0. The lowest BCUT2D eigenvalue weighted by molar-refractivity contribution is -0.117. The molecule has 1 aliphatic carbocycles. The molecule has 2 nitrogen and oxygen atoms in total. The minimum absolute atomic E-state index is 0.0710. The molecule has 92 valence electrons. The van der Waals surface area contributed by atoms with Crippen LogP contribution in [0, 0.1) is 11.2 Å². The molecule has 1 aromatic carbocycles. The zero-order valence-electron chi connectivity index (χ0n) is 9.17. The Morgan fingerprint density at radius 2 is 2.24 bits per heavy atom. The van der Waals surface area contributed by atoms with Gasteiger partial charge in [0.05, 0.1) is 4.47 Å². The van der Waals surface area contributed by atoms with E-state index < -0.39 is 0 Å². The first-order valence-corrected chi connectivity index (χ1v) is 6.83. The highest BCUT2D eigenvalue weighted by molar-refractivity contribution is 9.10. The summed E-state index contributed by atoms with van der Waals surface area (Å²) in [5.74, 6) is 0.283. The summed E-state index contributed by atoms with van der Waals surface area (Å²) in [5, 5.41) is 2.71. The highest BCUT2D eigenvalue weighted by Crippen LogP contribution is 2.49. The predicted octanol–water partition coefficient (Wildman–Crippen LogP) is 3.63. The van der Waals surface area contributed by atoms with E-state index in [2.05, 4.69) is 33.9 Å². The quantitative estimate of drug-likeness (QED) is 0.816. The van der Waals surface area contributed by atoms with Gasteiger partial charge in [-0.2, -0.15) is 12.6 Å². The third-order valence-corrected chi connectivity index (χ3v) is 4.35. The Kier molecular flexibility index (Phi) is 3.78. The number of rotatable bonds is 4. The molecule has 1 aliphatic rings. The smallest absolute Gasteiger partial charge is 0.224 e. The van der Waals surface area contributed by atoms with Crippen molar-refractivity contribution in [1.29, 1.82) is 0 Å². The SMILES string of the molecule is O=C(CC1(CS)CC1)Nc1ccc(Br)c(F)c1. The van der Waals surface area contributed by atoms with Gasteiger partial charge in [0.15, 0.2) is 0 Å². The summed E-state index contributed by atoms with van der Waals surface area (Å²) in [6, 6.07) is 4.56. The summed E-state index contributed by atoms with van der Waals surface area (Å²) in [6.07, 6.45) is 2.57. The van der Waals surface area contributed by atoms with Crippen molar-refractivity contribution in [3.8, 4) is 0 Å². The number of carbonyl (C=O) groups is 1. The number of hydrogen-bond donors (Lipinski definition) is 2. The Morgan fingerprint density at radius 1 is 1.53 bits per heavy atom. The predicted molar refractivity (Wildman–Crippen MR) is 72.9 cm³/mol. The molecule has 1 aromatic rings. The monoisotopic (exact) mass is 317 g/mol. The van der Waals surface area contributed by atoms with Crippen LogP contribution in [0.3, 0.4) is 0 Å². The van der Waals surface area contributed by atoms with Gasteiger partial charge in [-0.3, -0.25) is 4.79 Å². The highest BCUT2D eigenvalue weighted by atomic mass is 79.9. The van der Waals surface area contributed by atoms with Gasteiger partial charge in [-0.15, -0.1) is 0 Å². The van der Waals surface area contributed by atoms with Gasteiger partial charge >= 0.3 is 0 Å². The van der Waals surface area contributed by atoms with E-state index in [4.69, 9.17) is 0 Å². The van der Waals surface area contributed by atoms with Crippen molar-refractivity contribution < 1.29 is 9.18 Å². The fourth-order valence-corrected chi connectivity index (χ4v) is 2.36. The van der Waals surface area contributed by atoms with Crippen LogP contribution in [0.2, 0.25) is 0 Å². The van der Waals surface area contributed by atoms with E-state index in [9.17, 15) is 9.18 Å². The number of hydrogen-bond acceptors (Lipinski definition) is 2. The second-order valence-electron chi connectivity index (χ2n) is 4.51. The lowest BCUT2D eigenvalue weighted by Crippen LogP contribution is -2.18. The average Bonchev–Trinajstić information content (AvgIpc) is 3.04. The molecular weight excluding hydrogens is 305 g/mol. The molecule has 2 rings (SSSR count). The molecule has 1 fully saturated rings. The van der Waals surface area contributed by atoms with Gasteiger partial charge in [0.2, 0.25) is 5.91 Å². The lowest BCUT2D eigenvalue weighted by atomic mass is 10.1. The summed E-state index contributed by atoms with van der Waals surface area (Å²) in [6.45, 7) is 0. The number of carbonyl (C=O) groups excluding carboxylic acids is 1. The van der Waals surface area contributed by atoms with Gasteiger partial charge in [-0.05, 0) is 58.1 Å². The van der Waals surface area contributed by atoms with Gasteiger partial charge in [-0.1, -0.05) is 0 Å². The molecule has 0 bridgehead atoms. The Bertz CT molecular complexity index is 448. The molecule has 0 radical (unpaired) electrons. The van der Waals surface area contributed by atoms with Crippen LogP contribution in [0.5, 0.6) is 0 Å². The number of nitrogens with one attached hydrogen (secondary N) is 1. The summed E-state index contributed by atoms with van der Waals surface area (Å²) in [4.78, 5) is 11.7. The van der Waals surface area contributed by atoms with Gasteiger partial charge < -0.3 is 5.32 Å². The van der Waals surface area contributed by atoms with Crippen LogP contribution in [-0.4, -0.2) is 11.7 Å². The van der Waals surface area contributed by atoms with Crippen LogP contribution in [-0.2, 0) is 4.79 Å². The molecule has 5 heteroatoms. The molecule has 1 N–H and O–H groups in total. The van der Waals surface area contributed by atoms with Gasteiger partial charge in [0.1, 0.15) is 5.82 Å². The number of benzene rings is 1. The third kappa shape index (κ3) is 3.22. The molecule has 0 atom stereocenters. The molecule has 0 aromatic heterocycles. The van der Waals surface area contributed by atoms with Crippen molar-refractivity contribution in [2.24, 2.45) is 5.41 Å². The molecule has 0 unspecified atom stereocenters. The van der Waals surface area contributed by atoms with Gasteiger partial charge in [-0.25, -0.2) is 4.39 Å². The van der Waals surface area contributed by atoms with E-state index in [1.54, 1.807) is 12.1 Å². The Labute approximate surface area is 114 Å². The Morgan fingerprint density at radius 3 is 2.76 bits per heavy atom. The molecule has 1 saturated carbocycles. The molecular formula is C12H13BrFNOS. The van der Waals surface area contributed by atoms with Crippen LogP contribution in [0.25, 0.3) is 0 Å².